The van der Waals surface area contributed by atoms with E-state index in [2.05, 4.69) is 154 Å². The van der Waals surface area contributed by atoms with E-state index in [1.165, 1.54) is 44.6 Å². The summed E-state index contributed by atoms with van der Waals surface area (Å²) < 4.78 is 0. The number of benzene rings is 5. The summed E-state index contributed by atoms with van der Waals surface area (Å²) >= 11 is 0. The van der Waals surface area contributed by atoms with Crippen molar-refractivity contribution in [1.82, 2.24) is 0 Å². The average Bonchev–Trinajstić information content (AvgIpc) is 3.16. The standard InChI is InChI=1S/C36H33N/c1-25(2)26-14-16-27(17-15-26)28-18-20-30(21-19-28)37(29-10-6-5-7-11-29)31-22-23-33-32-12-8-9-13-34(32)36(3,4)35(33)24-31/h5-25H,1-4H3. The molecule has 182 valence electrons. The molecule has 0 amide bonds. The predicted octanol–water partition coefficient (Wildman–Crippen LogP) is 10.3. The third-order valence-electron chi connectivity index (χ3n) is 7.88. The number of nitrogens with zero attached hydrogens (tertiary/aromatic N) is 1. The molecule has 1 heteroatoms. The molecule has 0 unspecified atom stereocenters. The molecule has 0 N–H and O–H groups in total. The molecule has 0 bridgehead atoms. The molecule has 0 saturated heterocycles. The van der Waals surface area contributed by atoms with Crippen molar-refractivity contribution in [3.63, 3.8) is 0 Å². The Morgan fingerprint density at radius 1 is 0.514 bits per heavy atom. The Bertz CT molecular complexity index is 1540. The molecular weight excluding hydrogens is 446 g/mol. The lowest BCUT2D eigenvalue weighted by Crippen LogP contribution is -2.16. The van der Waals surface area contributed by atoms with Crippen molar-refractivity contribution in [2.24, 2.45) is 0 Å². The highest BCUT2D eigenvalue weighted by Gasteiger charge is 2.35. The monoisotopic (exact) mass is 479 g/mol. The van der Waals surface area contributed by atoms with Crippen LogP contribution in [0.4, 0.5) is 17.1 Å². The van der Waals surface area contributed by atoms with Crippen molar-refractivity contribution < 1.29 is 0 Å². The van der Waals surface area contributed by atoms with E-state index >= 15 is 0 Å². The average molecular weight is 480 g/mol. The van der Waals surface area contributed by atoms with Crippen molar-refractivity contribution in [1.29, 1.82) is 0 Å². The van der Waals surface area contributed by atoms with E-state index in [0.717, 1.165) is 11.4 Å². The van der Waals surface area contributed by atoms with Crippen molar-refractivity contribution in [2.75, 3.05) is 4.90 Å². The van der Waals surface area contributed by atoms with E-state index in [4.69, 9.17) is 0 Å². The van der Waals surface area contributed by atoms with Gasteiger partial charge in [-0.3, -0.25) is 0 Å². The van der Waals surface area contributed by atoms with Crippen LogP contribution in [0.3, 0.4) is 0 Å². The van der Waals surface area contributed by atoms with Gasteiger partial charge in [0.05, 0.1) is 0 Å². The number of hydrogen-bond acceptors (Lipinski definition) is 1. The number of fused-ring (bicyclic) bond motifs is 3. The largest absolute Gasteiger partial charge is 0.310 e. The summed E-state index contributed by atoms with van der Waals surface area (Å²) in [6.07, 6.45) is 0. The maximum absolute atomic E-state index is 2.39. The first-order valence-electron chi connectivity index (χ1n) is 13.2. The molecule has 5 aromatic rings. The summed E-state index contributed by atoms with van der Waals surface area (Å²) in [6.45, 7) is 9.16. The molecule has 1 aliphatic rings. The fourth-order valence-corrected chi connectivity index (χ4v) is 5.72. The van der Waals surface area contributed by atoms with Crippen LogP contribution >= 0.6 is 0 Å². The molecule has 1 aliphatic carbocycles. The molecule has 1 nitrogen and oxygen atoms in total. The summed E-state index contributed by atoms with van der Waals surface area (Å²) in [7, 11) is 0. The Balaban J connectivity index is 1.41. The van der Waals surface area contributed by atoms with E-state index in [-0.39, 0.29) is 5.41 Å². The summed E-state index contributed by atoms with van der Waals surface area (Å²) in [4.78, 5) is 2.37. The molecule has 0 heterocycles. The molecule has 0 fully saturated rings. The summed E-state index contributed by atoms with van der Waals surface area (Å²) in [6, 6.07) is 44.4. The van der Waals surface area contributed by atoms with Crippen molar-refractivity contribution in [3.8, 4) is 22.3 Å². The first-order chi connectivity index (χ1) is 17.9. The summed E-state index contributed by atoms with van der Waals surface area (Å²) in [5.41, 5.74) is 12.8. The van der Waals surface area contributed by atoms with Gasteiger partial charge in [0.25, 0.3) is 0 Å². The van der Waals surface area contributed by atoms with Crippen LogP contribution in [0.15, 0.2) is 121 Å². The van der Waals surface area contributed by atoms with E-state index < -0.39 is 0 Å². The molecule has 6 rings (SSSR count). The molecular formula is C36H33N. The summed E-state index contributed by atoms with van der Waals surface area (Å²) in [5.74, 6) is 0.543. The zero-order chi connectivity index (χ0) is 25.6. The van der Waals surface area contributed by atoms with E-state index in [1.54, 1.807) is 0 Å². The van der Waals surface area contributed by atoms with Gasteiger partial charge in [-0.15, -0.1) is 0 Å². The molecule has 0 spiro atoms. The van der Waals surface area contributed by atoms with Gasteiger partial charge < -0.3 is 4.90 Å². The Morgan fingerprint density at radius 3 is 1.73 bits per heavy atom. The lowest BCUT2D eigenvalue weighted by molar-refractivity contribution is 0.660. The maximum Gasteiger partial charge on any atom is 0.0465 e. The van der Waals surface area contributed by atoms with Gasteiger partial charge in [0.1, 0.15) is 0 Å². The topological polar surface area (TPSA) is 3.24 Å². The summed E-state index contributed by atoms with van der Waals surface area (Å²) in [5, 5.41) is 0. The zero-order valence-electron chi connectivity index (χ0n) is 22.1. The highest BCUT2D eigenvalue weighted by Crippen LogP contribution is 2.50. The van der Waals surface area contributed by atoms with Gasteiger partial charge in [0, 0.05) is 22.5 Å². The molecule has 0 aromatic heterocycles. The lowest BCUT2D eigenvalue weighted by Gasteiger charge is -2.28. The van der Waals surface area contributed by atoms with Crippen LogP contribution in [-0.4, -0.2) is 0 Å². The second-order valence-corrected chi connectivity index (χ2v) is 10.9. The quantitative estimate of drug-likeness (QED) is 0.242. The number of rotatable bonds is 5. The fraction of sp³-hybridized carbons (Fsp3) is 0.167. The van der Waals surface area contributed by atoms with Gasteiger partial charge in [0.15, 0.2) is 0 Å². The third-order valence-corrected chi connectivity index (χ3v) is 7.88. The molecule has 0 atom stereocenters. The SMILES string of the molecule is CC(C)c1ccc(-c2ccc(N(c3ccccc3)c3ccc4c(c3)C(C)(C)c3ccccc3-4)cc2)cc1. The van der Waals surface area contributed by atoms with Gasteiger partial charge >= 0.3 is 0 Å². The molecule has 37 heavy (non-hydrogen) atoms. The zero-order valence-corrected chi connectivity index (χ0v) is 22.1. The molecule has 0 aliphatic heterocycles. The predicted molar refractivity (Wildman–Crippen MR) is 158 cm³/mol. The fourth-order valence-electron chi connectivity index (χ4n) is 5.72. The van der Waals surface area contributed by atoms with Crippen molar-refractivity contribution in [3.05, 3.63) is 138 Å². The van der Waals surface area contributed by atoms with Crippen LogP contribution in [0.5, 0.6) is 0 Å². The number of hydrogen-bond donors (Lipinski definition) is 0. The van der Waals surface area contributed by atoms with Crippen molar-refractivity contribution in [2.45, 2.75) is 39.0 Å². The van der Waals surface area contributed by atoms with Gasteiger partial charge in [0.2, 0.25) is 0 Å². The minimum absolute atomic E-state index is 0.0314. The van der Waals surface area contributed by atoms with Crippen LogP contribution in [0, 0.1) is 0 Å². The van der Waals surface area contributed by atoms with E-state index in [9.17, 15) is 0 Å². The number of para-hydroxylation sites is 1. The Morgan fingerprint density at radius 2 is 1.05 bits per heavy atom. The van der Waals surface area contributed by atoms with Crippen molar-refractivity contribution >= 4 is 17.1 Å². The van der Waals surface area contributed by atoms with Crippen LogP contribution < -0.4 is 4.90 Å². The Kier molecular flexibility index (Phi) is 5.72. The molecule has 0 saturated carbocycles. The third kappa shape index (κ3) is 4.05. The molecule has 0 radical (unpaired) electrons. The minimum Gasteiger partial charge on any atom is -0.310 e. The Labute approximate surface area is 221 Å². The normalized spacial score (nSPS) is 13.3. The van der Waals surface area contributed by atoms with Crippen LogP contribution in [0.2, 0.25) is 0 Å². The van der Waals surface area contributed by atoms with Crippen LogP contribution in [-0.2, 0) is 5.41 Å². The second kappa shape index (κ2) is 9.09. The van der Waals surface area contributed by atoms with E-state index in [1.807, 2.05) is 0 Å². The second-order valence-electron chi connectivity index (χ2n) is 10.9. The van der Waals surface area contributed by atoms with Gasteiger partial charge in [-0.2, -0.15) is 0 Å². The highest BCUT2D eigenvalue weighted by molar-refractivity contribution is 5.85. The Hall–Kier alpha value is -4.10. The van der Waals surface area contributed by atoms with Gasteiger partial charge in [-0.1, -0.05) is 113 Å². The minimum atomic E-state index is -0.0314. The van der Waals surface area contributed by atoms with Gasteiger partial charge in [-0.25, -0.2) is 0 Å². The smallest absolute Gasteiger partial charge is 0.0465 e. The van der Waals surface area contributed by atoms with Crippen LogP contribution in [0.25, 0.3) is 22.3 Å². The van der Waals surface area contributed by atoms with E-state index in [0.29, 0.717) is 5.92 Å². The highest BCUT2D eigenvalue weighted by atomic mass is 15.1. The maximum atomic E-state index is 2.39. The molecule has 5 aromatic carbocycles. The van der Waals surface area contributed by atoms with Gasteiger partial charge in [-0.05, 0) is 81.3 Å². The lowest BCUT2D eigenvalue weighted by atomic mass is 9.82. The number of anilines is 3. The first-order valence-corrected chi connectivity index (χ1v) is 13.2. The van der Waals surface area contributed by atoms with Crippen LogP contribution in [0.1, 0.15) is 50.3 Å². The first kappa shape index (κ1) is 23.3.